The first-order valence-corrected chi connectivity index (χ1v) is 18.6. The maximum absolute atomic E-state index is 13.9. The molecule has 4 atom stereocenters. The van der Waals surface area contributed by atoms with Crippen LogP contribution in [-0.4, -0.2) is 78.3 Å². The third-order valence-electron chi connectivity index (χ3n) is 10.5. The number of morpholine rings is 1. The number of carbonyl (C=O) groups is 2. The van der Waals surface area contributed by atoms with Gasteiger partial charge in [-0.15, -0.1) is 11.3 Å². The lowest BCUT2D eigenvalue weighted by Crippen LogP contribution is -2.51. The second kappa shape index (κ2) is 14.9. The first-order valence-electron chi connectivity index (χ1n) is 17.3. The molecule has 0 radical (unpaired) electrons. The van der Waals surface area contributed by atoms with Gasteiger partial charge in [0.25, 0.3) is 5.91 Å². The fraction of sp³-hybridized carbons (Fsp3) is 0.622. The number of thiophene rings is 1. The summed E-state index contributed by atoms with van der Waals surface area (Å²) in [6, 6.07) is 5.88. The number of rotatable bonds is 9. The van der Waals surface area contributed by atoms with Crippen LogP contribution >= 0.6 is 22.9 Å². The van der Waals surface area contributed by atoms with Crippen molar-refractivity contribution >= 4 is 46.5 Å². The van der Waals surface area contributed by atoms with Crippen molar-refractivity contribution in [2.24, 2.45) is 11.8 Å². The Morgan fingerprint density at radius 3 is 2.59 bits per heavy atom. The number of nitrogens with one attached hydrogen (secondary N) is 1. The van der Waals surface area contributed by atoms with Crippen molar-refractivity contribution in [3.05, 3.63) is 56.2 Å². The summed E-state index contributed by atoms with van der Waals surface area (Å²) in [5, 5.41) is 5.35. The number of fused-ring (bicyclic) bond motifs is 1. The molecule has 6 rings (SSSR count). The van der Waals surface area contributed by atoms with Gasteiger partial charge in [0.05, 0.1) is 53.7 Å². The van der Waals surface area contributed by atoms with Crippen LogP contribution in [0.4, 0.5) is 5.69 Å². The number of hydrogen-bond donors (Lipinski definition) is 1. The van der Waals surface area contributed by atoms with Gasteiger partial charge in [0.1, 0.15) is 0 Å². The van der Waals surface area contributed by atoms with Gasteiger partial charge in [-0.2, -0.15) is 0 Å². The molecule has 1 aromatic carbocycles. The minimum Gasteiger partial charge on any atom is -0.376 e. The van der Waals surface area contributed by atoms with Crippen molar-refractivity contribution in [2.75, 3.05) is 31.6 Å². The monoisotopic (exact) mass is 667 g/mol. The first-order chi connectivity index (χ1) is 22.1. The number of hydrogen-bond acceptors (Lipinski definition) is 6. The number of allylic oxidation sites excluding steroid dienone is 1. The van der Waals surface area contributed by atoms with Crippen LogP contribution < -0.4 is 5.32 Å². The Labute approximate surface area is 283 Å². The SMILES string of the molecule is CC(C)C1CCC(OC[C@@H]2C[C@H](N3C[C@@H](C)O[C@@H](C)C3)CN2C(=O)Cc2ccc(NC(=O)c3csc4c3C=CCC4)c(Cl)c2)CC1. The number of aryl methyl sites for hydroxylation is 1. The normalized spacial score (nSPS) is 28.4. The molecule has 2 aromatic rings. The number of benzene rings is 1. The fourth-order valence-electron chi connectivity index (χ4n) is 7.92. The van der Waals surface area contributed by atoms with E-state index in [1.807, 2.05) is 29.7 Å². The van der Waals surface area contributed by atoms with Crippen molar-refractivity contribution in [1.82, 2.24) is 9.80 Å². The molecule has 4 aliphatic rings. The number of amides is 2. The Kier molecular flexibility index (Phi) is 10.9. The zero-order valence-corrected chi connectivity index (χ0v) is 29.4. The van der Waals surface area contributed by atoms with Crippen LogP contribution in [-0.2, 0) is 27.1 Å². The summed E-state index contributed by atoms with van der Waals surface area (Å²) in [5.41, 5.74) is 3.09. The van der Waals surface area contributed by atoms with Crippen LogP contribution in [0.2, 0.25) is 5.02 Å². The second-order valence-corrected chi connectivity index (χ2v) is 15.7. The Hall–Kier alpha value is -2.23. The third-order valence-corrected chi connectivity index (χ3v) is 11.9. The van der Waals surface area contributed by atoms with Gasteiger partial charge >= 0.3 is 0 Å². The highest BCUT2D eigenvalue weighted by atomic mass is 35.5. The van der Waals surface area contributed by atoms with Gasteiger partial charge in [0, 0.05) is 41.5 Å². The molecule has 1 aromatic heterocycles. The summed E-state index contributed by atoms with van der Waals surface area (Å²) in [6.07, 6.45) is 12.6. The lowest BCUT2D eigenvalue weighted by molar-refractivity contribution is -0.133. The smallest absolute Gasteiger partial charge is 0.257 e. The van der Waals surface area contributed by atoms with E-state index in [0.717, 1.165) is 68.2 Å². The highest BCUT2D eigenvalue weighted by Crippen LogP contribution is 2.34. The minimum atomic E-state index is -0.162. The topological polar surface area (TPSA) is 71.1 Å². The maximum atomic E-state index is 13.9. The van der Waals surface area contributed by atoms with Crippen molar-refractivity contribution in [1.29, 1.82) is 0 Å². The highest BCUT2D eigenvalue weighted by Gasteiger charge is 2.40. The largest absolute Gasteiger partial charge is 0.376 e. The number of ether oxygens (including phenoxy) is 2. The van der Waals surface area contributed by atoms with Crippen molar-refractivity contribution in [2.45, 2.75) is 109 Å². The number of carbonyl (C=O) groups excluding carboxylic acids is 2. The summed E-state index contributed by atoms with van der Waals surface area (Å²) in [5.74, 6) is 1.46. The molecule has 1 saturated carbocycles. The van der Waals surface area contributed by atoms with Gasteiger partial charge in [-0.1, -0.05) is 43.7 Å². The summed E-state index contributed by atoms with van der Waals surface area (Å²) in [6.45, 7) is 12.0. The molecule has 3 fully saturated rings. The number of halogens is 1. The predicted octanol–water partition coefficient (Wildman–Crippen LogP) is 7.47. The van der Waals surface area contributed by atoms with Gasteiger partial charge in [0.2, 0.25) is 5.91 Å². The van der Waals surface area contributed by atoms with Crippen LogP contribution in [0, 0.1) is 11.8 Å². The molecule has 0 bridgehead atoms. The Morgan fingerprint density at radius 1 is 1.11 bits per heavy atom. The van der Waals surface area contributed by atoms with Gasteiger partial charge in [-0.3, -0.25) is 14.5 Å². The highest BCUT2D eigenvalue weighted by molar-refractivity contribution is 7.10. The summed E-state index contributed by atoms with van der Waals surface area (Å²) >= 11 is 8.31. The van der Waals surface area contributed by atoms with Crippen LogP contribution in [0.3, 0.4) is 0 Å². The zero-order chi connectivity index (χ0) is 32.4. The number of anilines is 1. The molecule has 2 amide bonds. The van der Waals surface area contributed by atoms with Crippen LogP contribution in [0.25, 0.3) is 6.08 Å². The van der Waals surface area contributed by atoms with Gasteiger partial charge in [-0.25, -0.2) is 0 Å². The van der Waals surface area contributed by atoms with E-state index in [-0.39, 0.29) is 42.6 Å². The molecule has 46 heavy (non-hydrogen) atoms. The molecule has 2 aliphatic heterocycles. The third kappa shape index (κ3) is 7.90. The van der Waals surface area contributed by atoms with E-state index in [9.17, 15) is 9.59 Å². The van der Waals surface area contributed by atoms with E-state index in [0.29, 0.717) is 35.5 Å². The molecule has 3 heterocycles. The summed E-state index contributed by atoms with van der Waals surface area (Å²) in [7, 11) is 0. The maximum Gasteiger partial charge on any atom is 0.257 e. The molecule has 9 heteroatoms. The van der Waals surface area contributed by atoms with Crippen LogP contribution in [0.1, 0.15) is 92.6 Å². The van der Waals surface area contributed by atoms with E-state index in [1.165, 1.54) is 17.7 Å². The van der Waals surface area contributed by atoms with Gasteiger partial charge < -0.3 is 19.7 Å². The molecule has 7 nitrogen and oxygen atoms in total. The van der Waals surface area contributed by atoms with Gasteiger partial charge in [0.15, 0.2) is 0 Å². The van der Waals surface area contributed by atoms with Gasteiger partial charge in [-0.05, 0) is 88.3 Å². The number of likely N-dealkylation sites (tertiary alicyclic amines) is 1. The van der Waals surface area contributed by atoms with E-state index in [2.05, 4.69) is 48.9 Å². The van der Waals surface area contributed by atoms with Crippen LogP contribution in [0.15, 0.2) is 29.7 Å². The summed E-state index contributed by atoms with van der Waals surface area (Å²) in [4.78, 5) is 32.9. The lowest BCUT2D eigenvalue weighted by Gasteiger charge is -2.38. The quantitative estimate of drug-likeness (QED) is 0.301. The average molecular weight is 668 g/mol. The first kappa shape index (κ1) is 33.7. The molecule has 0 spiro atoms. The number of nitrogens with zero attached hydrogens (tertiary/aromatic N) is 2. The van der Waals surface area contributed by atoms with Crippen LogP contribution in [0.5, 0.6) is 0 Å². The Bertz CT molecular complexity index is 1410. The fourth-order valence-corrected chi connectivity index (χ4v) is 9.20. The lowest BCUT2D eigenvalue weighted by atomic mass is 9.80. The molecule has 2 aliphatic carbocycles. The molecule has 1 N–H and O–H groups in total. The van der Waals surface area contributed by atoms with E-state index in [1.54, 1.807) is 11.3 Å². The predicted molar refractivity (Wildman–Crippen MR) is 187 cm³/mol. The Balaban J connectivity index is 1.10. The van der Waals surface area contributed by atoms with E-state index < -0.39 is 0 Å². The van der Waals surface area contributed by atoms with Crippen molar-refractivity contribution in [3.8, 4) is 0 Å². The summed E-state index contributed by atoms with van der Waals surface area (Å²) < 4.78 is 12.5. The average Bonchev–Trinajstić information content (AvgIpc) is 3.66. The van der Waals surface area contributed by atoms with Crippen molar-refractivity contribution < 1.29 is 19.1 Å². The zero-order valence-electron chi connectivity index (χ0n) is 27.8. The van der Waals surface area contributed by atoms with Crippen molar-refractivity contribution in [3.63, 3.8) is 0 Å². The molecular weight excluding hydrogens is 618 g/mol. The Morgan fingerprint density at radius 2 is 1.87 bits per heavy atom. The van der Waals surface area contributed by atoms with E-state index >= 15 is 0 Å². The molecule has 250 valence electrons. The molecular formula is C37H50ClN3O4S. The second-order valence-electron chi connectivity index (χ2n) is 14.3. The van der Waals surface area contributed by atoms with E-state index in [4.69, 9.17) is 21.1 Å². The molecule has 2 saturated heterocycles. The minimum absolute atomic E-state index is 0.0494. The molecule has 0 unspecified atom stereocenters. The standard InChI is InChI=1S/C37H50ClN3O4S/c1-23(2)27-10-12-30(13-11-27)44-21-29-17-28(40-18-24(3)45-25(4)19-40)20-41(29)36(42)16-26-9-14-34(33(38)15-26)39-37(43)32-22-46-35-8-6-5-7-31(32)35/h5,7,9,14-15,22-25,27-30H,6,8,10-13,16-21H2,1-4H3,(H,39,43)/t24-,25+,27?,28-,29-,30?/m0/s1.